The summed E-state index contributed by atoms with van der Waals surface area (Å²) in [5.74, 6) is 0. The normalized spacial score (nSPS) is 13.3. The Morgan fingerprint density at radius 3 is 2.75 bits per heavy atom. The van der Waals surface area contributed by atoms with Crippen molar-refractivity contribution in [3.8, 4) is 0 Å². The topological polar surface area (TPSA) is 29.5 Å². The van der Waals surface area contributed by atoms with Gasteiger partial charge in [-0.2, -0.15) is 0 Å². The Balaban J connectivity index is 2.79. The van der Waals surface area contributed by atoms with E-state index in [0.29, 0.717) is 6.61 Å². The van der Waals surface area contributed by atoms with Gasteiger partial charge >= 0.3 is 0 Å². The van der Waals surface area contributed by atoms with Gasteiger partial charge in [0.25, 0.3) is 0 Å². The zero-order chi connectivity index (χ0) is 9.14. The number of thiophene rings is 1. The molecule has 1 rings (SSSR count). The number of ether oxygens (including phenoxy) is 1. The number of aliphatic hydroxyl groups is 1. The molecule has 0 aliphatic rings. The van der Waals surface area contributed by atoms with Crippen molar-refractivity contribution < 1.29 is 9.84 Å². The first kappa shape index (κ1) is 10.7. The zero-order valence-electron chi connectivity index (χ0n) is 6.38. The van der Waals surface area contributed by atoms with Crippen molar-refractivity contribution in [2.24, 2.45) is 0 Å². The van der Waals surface area contributed by atoms with Crippen LogP contribution in [-0.4, -0.2) is 18.8 Å². The van der Waals surface area contributed by atoms with Gasteiger partial charge in [0.1, 0.15) is 6.10 Å². The van der Waals surface area contributed by atoms with E-state index in [4.69, 9.17) is 4.74 Å². The molecule has 0 aliphatic heterocycles. The van der Waals surface area contributed by atoms with Gasteiger partial charge in [0.2, 0.25) is 0 Å². The molecule has 0 aliphatic carbocycles. The number of rotatable bonds is 3. The summed E-state index contributed by atoms with van der Waals surface area (Å²) >= 11 is 8.24. The second kappa shape index (κ2) is 4.72. The second-order valence-corrected chi connectivity index (χ2v) is 6.00. The predicted molar refractivity (Wildman–Crippen MR) is 56.6 cm³/mol. The van der Waals surface area contributed by atoms with Gasteiger partial charge in [0.15, 0.2) is 0 Å². The van der Waals surface area contributed by atoms with Gasteiger partial charge in [0.05, 0.1) is 14.2 Å². The van der Waals surface area contributed by atoms with Crippen LogP contribution in [0.25, 0.3) is 0 Å². The summed E-state index contributed by atoms with van der Waals surface area (Å²) in [4.78, 5) is 0. The summed E-state index contributed by atoms with van der Waals surface area (Å²) in [5, 5.41) is 9.55. The van der Waals surface area contributed by atoms with Gasteiger partial charge in [-0.05, 0) is 37.9 Å². The monoisotopic (exact) mass is 314 g/mol. The van der Waals surface area contributed by atoms with E-state index in [9.17, 15) is 5.11 Å². The van der Waals surface area contributed by atoms with Gasteiger partial charge in [0, 0.05) is 12.7 Å². The average molecular weight is 316 g/mol. The van der Waals surface area contributed by atoms with E-state index in [0.717, 1.165) is 13.1 Å². The summed E-state index contributed by atoms with van der Waals surface area (Å²) in [6.45, 7) is 0.321. The Morgan fingerprint density at radius 1 is 1.67 bits per heavy atom. The van der Waals surface area contributed by atoms with Gasteiger partial charge in [-0.1, -0.05) is 0 Å². The lowest BCUT2D eigenvalue weighted by molar-refractivity contribution is 0.0642. The molecule has 0 saturated carbocycles. The molecule has 1 aromatic rings. The van der Waals surface area contributed by atoms with E-state index < -0.39 is 6.10 Å². The Hall–Kier alpha value is 0.580. The molecule has 0 bridgehead atoms. The molecule has 0 amide bonds. The number of aliphatic hydroxyl groups excluding tert-OH is 1. The molecule has 12 heavy (non-hydrogen) atoms. The average Bonchev–Trinajstić information content (AvgIpc) is 2.30. The van der Waals surface area contributed by atoms with Crippen LogP contribution in [0.5, 0.6) is 0 Å². The fourth-order valence-corrected chi connectivity index (χ4v) is 3.78. The lowest BCUT2D eigenvalue weighted by Crippen LogP contribution is -2.03. The van der Waals surface area contributed by atoms with Gasteiger partial charge < -0.3 is 9.84 Å². The minimum atomic E-state index is -0.549. The third kappa shape index (κ3) is 2.53. The van der Waals surface area contributed by atoms with Crippen molar-refractivity contribution in [3.63, 3.8) is 0 Å². The predicted octanol–water partition coefficient (Wildman–Crippen LogP) is 2.95. The minimum absolute atomic E-state index is 0.321. The molecular formula is C7H8Br2O2S. The van der Waals surface area contributed by atoms with Crippen molar-refractivity contribution in [3.05, 3.63) is 19.2 Å². The van der Waals surface area contributed by atoms with Crippen LogP contribution in [0.3, 0.4) is 0 Å². The number of hydrogen-bond acceptors (Lipinski definition) is 3. The third-order valence-corrected chi connectivity index (χ3v) is 3.75. The summed E-state index contributed by atoms with van der Waals surface area (Å²) in [6.07, 6.45) is -0.549. The zero-order valence-corrected chi connectivity index (χ0v) is 10.4. The molecule has 0 saturated heterocycles. The van der Waals surface area contributed by atoms with Crippen molar-refractivity contribution >= 4 is 43.2 Å². The van der Waals surface area contributed by atoms with Crippen LogP contribution in [-0.2, 0) is 4.74 Å². The first-order chi connectivity index (χ1) is 5.65. The SMILES string of the molecule is COCC(O)c1cc(Br)sc1Br. The fourth-order valence-electron chi connectivity index (χ4n) is 0.828. The summed E-state index contributed by atoms with van der Waals surface area (Å²) in [5.41, 5.74) is 0.869. The molecule has 0 spiro atoms. The molecule has 1 heterocycles. The van der Waals surface area contributed by atoms with Crippen molar-refractivity contribution in [2.45, 2.75) is 6.10 Å². The molecule has 0 aromatic carbocycles. The summed E-state index contributed by atoms with van der Waals surface area (Å²) in [6, 6.07) is 1.89. The molecule has 0 fully saturated rings. The summed E-state index contributed by atoms with van der Waals surface area (Å²) < 4.78 is 6.78. The van der Waals surface area contributed by atoms with Crippen LogP contribution < -0.4 is 0 Å². The number of halogens is 2. The number of methoxy groups -OCH3 is 1. The van der Waals surface area contributed by atoms with E-state index in [1.54, 1.807) is 18.4 Å². The van der Waals surface area contributed by atoms with Crippen LogP contribution in [0, 0.1) is 0 Å². The largest absolute Gasteiger partial charge is 0.386 e. The van der Waals surface area contributed by atoms with Crippen molar-refractivity contribution in [1.29, 1.82) is 0 Å². The van der Waals surface area contributed by atoms with Crippen LogP contribution in [0.2, 0.25) is 0 Å². The molecule has 0 radical (unpaired) electrons. The smallest absolute Gasteiger partial charge is 0.104 e. The quantitative estimate of drug-likeness (QED) is 0.929. The van der Waals surface area contributed by atoms with Gasteiger partial charge in [-0.15, -0.1) is 11.3 Å². The van der Waals surface area contributed by atoms with Crippen molar-refractivity contribution in [1.82, 2.24) is 0 Å². The van der Waals surface area contributed by atoms with Gasteiger partial charge in [-0.25, -0.2) is 0 Å². The number of hydrogen-bond donors (Lipinski definition) is 1. The first-order valence-electron chi connectivity index (χ1n) is 3.27. The molecular weight excluding hydrogens is 308 g/mol. The Labute approximate surface area is 91.8 Å². The maximum atomic E-state index is 9.55. The van der Waals surface area contributed by atoms with Crippen molar-refractivity contribution in [2.75, 3.05) is 13.7 Å². The standard InChI is InChI=1S/C7H8Br2O2S/c1-11-3-5(10)4-2-6(8)12-7(4)9/h2,5,10H,3H2,1H3. The molecule has 1 unspecified atom stereocenters. The van der Waals surface area contributed by atoms with Crippen LogP contribution in [0.1, 0.15) is 11.7 Å². The maximum absolute atomic E-state index is 9.55. The third-order valence-electron chi connectivity index (χ3n) is 1.37. The highest BCUT2D eigenvalue weighted by Gasteiger charge is 2.13. The molecule has 5 heteroatoms. The highest BCUT2D eigenvalue weighted by Crippen LogP contribution is 2.35. The molecule has 1 N–H and O–H groups in total. The van der Waals surface area contributed by atoms with Crippen LogP contribution >= 0.6 is 43.2 Å². The second-order valence-electron chi connectivity index (χ2n) is 2.25. The highest BCUT2D eigenvalue weighted by atomic mass is 79.9. The first-order valence-corrected chi connectivity index (χ1v) is 5.67. The summed E-state index contributed by atoms with van der Waals surface area (Å²) in [7, 11) is 1.57. The van der Waals surface area contributed by atoms with E-state index in [2.05, 4.69) is 31.9 Å². The minimum Gasteiger partial charge on any atom is -0.386 e. The molecule has 1 atom stereocenters. The van der Waals surface area contributed by atoms with Crippen LogP contribution in [0.4, 0.5) is 0 Å². The Morgan fingerprint density at radius 2 is 2.33 bits per heavy atom. The molecule has 68 valence electrons. The highest BCUT2D eigenvalue weighted by molar-refractivity contribution is 9.12. The van der Waals surface area contributed by atoms with Gasteiger partial charge in [-0.3, -0.25) is 0 Å². The molecule has 2 nitrogen and oxygen atoms in total. The Bertz CT molecular complexity index is 262. The Kier molecular flexibility index (Phi) is 4.19. The fraction of sp³-hybridized carbons (Fsp3) is 0.429. The van der Waals surface area contributed by atoms with E-state index >= 15 is 0 Å². The van der Waals surface area contributed by atoms with E-state index in [1.807, 2.05) is 6.07 Å². The lowest BCUT2D eigenvalue weighted by Gasteiger charge is -2.07. The van der Waals surface area contributed by atoms with E-state index in [1.165, 1.54) is 0 Å². The van der Waals surface area contributed by atoms with E-state index in [-0.39, 0.29) is 0 Å². The van der Waals surface area contributed by atoms with Crippen LogP contribution in [0.15, 0.2) is 13.6 Å². The molecule has 1 aromatic heterocycles. The maximum Gasteiger partial charge on any atom is 0.104 e. The lowest BCUT2D eigenvalue weighted by atomic mass is 10.2.